The fraction of sp³-hybridized carbons (Fsp3) is 0.211. The van der Waals surface area contributed by atoms with Crippen LogP contribution in [0.2, 0.25) is 0 Å². The van der Waals surface area contributed by atoms with Gasteiger partial charge in [-0.1, -0.05) is 12.1 Å². The van der Waals surface area contributed by atoms with Crippen molar-refractivity contribution in [2.45, 2.75) is 6.10 Å². The molecule has 0 fully saturated rings. The van der Waals surface area contributed by atoms with E-state index >= 15 is 0 Å². The van der Waals surface area contributed by atoms with Crippen LogP contribution in [0.15, 0.2) is 48.5 Å². The number of para-hydroxylation sites is 2. The van der Waals surface area contributed by atoms with E-state index in [9.17, 15) is 14.4 Å². The number of amides is 4. The summed E-state index contributed by atoms with van der Waals surface area (Å²) in [6.07, 6.45) is -0.365. The molecule has 0 unspecified atom stereocenters. The molecule has 1 aliphatic heterocycles. The van der Waals surface area contributed by atoms with E-state index in [2.05, 4.69) is 10.6 Å². The average Bonchev–Trinajstić information content (AvgIpc) is 2.71. The van der Waals surface area contributed by atoms with Crippen LogP contribution in [0.3, 0.4) is 0 Å². The van der Waals surface area contributed by atoms with E-state index in [1.54, 1.807) is 12.1 Å². The molecule has 9 nitrogen and oxygen atoms in total. The van der Waals surface area contributed by atoms with Crippen molar-refractivity contribution in [2.24, 2.45) is 5.73 Å². The number of benzene rings is 2. The van der Waals surface area contributed by atoms with Crippen LogP contribution < -0.4 is 30.6 Å². The Morgan fingerprint density at radius 3 is 2.50 bits per heavy atom. The summed E-state index contributed by atoms with van der Waals surface area (Å²) in [5, 5.41) is 4.70. The van der Waals surface area contributed by atoms with Gasteiger partial charge in [0.25, 0.3) is 5.91 Å². The van der Waals surface area contributed by atoms with Gasteiger partial charge in [0.1, 0.15) is 12.4 Å². The van der Waals surface area contributed by atoms with Crippen LogP contribution in [0.5, 0.6) is 17.2 Å². The number of nitrogens with two attached hydrogens (primary N) is 1. The van der Waals surface area contributed by atoms with E-state index < -0.39 is 17.8 Å². The Labute approximate surface area is 160 Å². The summed E-state index contributed by atoms with van der Waals surface area (Å²) < 4.78 is 16.5. The Bertz CT molecular complexity index is 868. The Morgan fingerprint density at radius 2 is 1.79 bits per heavy atom. The lowest BCUT2D eigenvalue weighted by Gasteiger charge is -2.26. The summed E-state index contributed by atoms with van der Waals surface area (Å²) in [5.74, 6) is 0.443. The lowest BCUT2D eigenvalue weighted by atomic mass is 10.2. The predicted molar refractivity (Wildman–Crippen MR) is 98.3 cm³/mol. The molecule has 2 aromatic carbocycles. The third kappa shape index (κ3) is 5.13. The molecule has 0 aliphatic carbocycles. The van der Waals surface area contributed by atoms with Crippen molar-refractivity contribution in [3.05, 3.63) is 54.1 Å². The molecule has 0 aromatic heterocycles. The molecule has 4 N–H and O–H groups in total. The molecule has 2 aromatic rings. The Balaban J connectivity index is 1.37. The van der Waals surface area contributed by atoms with Gasteiger partial charge in [-0.3, -0.25) is 14.9 Å². The van der Waals surface area contributed by atoms with Crippen molar-refractivity contribution < 1.29 is 28.6 Å². The smallest absolute Gasteiger partial charge is 0.321 e. The Kier molecular flexibility index (Phi) is 5.95. The molecule has 0 spiro atoms. The molecular formula is C19H19N3O6. The molecule has 4 amide bonds. The van der Waals surface area contributed by atoms with Gasteiger partial charge in [0.05, 0.1) is 6.54 Å². The first-order valence-corrected chi connectivity index (χ1v) is 8.50. The maximum atomic E-state index is 11.8. The summed E-state index contributed by atoms with van der Waals surface area (Å²) in [6.45, 7) is 0.0955. The van der Waals surface area contributed by atoms with E-state index in [4.69, 9.17) is 19.9 Å². The van der Waals surface area contributed by atoms with E-state index in [1.165, 1.54) is 24.3 Å². The third-order valence-electron chi connectivity index (χ3n) is 3.82. The first-order chi connectivity index (χ1) is 13.5. The first kappa shape index (κ1) is 19.0. The number of imide groups is 1. The van der Waals surface area contributed by atoms with Crippen LogP contribution in [0.1, 0.15) is 10.4 Å². The molecule has 9 heteroatoms. The molecule has 1 atom stereocenters. The van der Waals surface area contributed by atoms with Gasteiger partial charge in [-0.25, -0.2) is 4.79 Å². The Hall–Kier alpha value is -3.75. The summed E-state index contributed by atoms with van der Waals surface area (Å²) in [6, 6.07) is 12.5. The van der Waals surface area contributed by atoms with Crippen molar-refractivity contribution in [1.82, 2.24) is 10.6 Å². The minimum absolute atomic E-state index is 0.170. The molecule has 28 heavy (non-hydrogen) atoms. The van der Waals surface area contributed by atoms with Crippen molar-refractivity contribution in [3.63, 3.8) is 0 Å². The fourth-order valence-corrected chi connectivity index (χ4v) is 2.44. The van der Waals surface area contributed by atoms with Gasteiger partial charge in [0.2, 0.25) is 5.91 Å². The van der Waals surface area contributed by atoms with Gasteiger partial charge in [0.15, 0.2) is 24.2 Å². The number of carbonyl (C=O) groups is 3. The highest BCUT2D eigenvalue weighted by molar-refractivity contribution is 5.95. The van der Waals surface area contributed by atoms with Crippen molar-refractivity contribution in [2.75, 3.05) is 19.8 Å². The van der Waals surface area contributed by atoms with Gasteiger partial charge in [-0.05, 0) is 36.4 Å². The Morgan fingerprint density at radius 1 is 1.07 bits per heavy atom. The number of hydrogen-bond acceptors (Lipinski definition) is 6. The van der Waals surface area contributed by atoms with Crippen LogP contribution >= 0.6 is 0 Å². The minimum atomic E-state index is -0.667. The number of hydrogen-bond donors (Lipinski definition) is 3. The zero-order chi connectivity index (χ0) is 19.9. The van der Waals surface area contributed by atoms with Crippen LogP contribution in [-0.4, -0.2) is 43.7 Å². The summed E-state index contributed by atoms with van der Waals surface area (Å²) in [7, 11) is 0. The molecule has 1 heterocycles. The number of urea groups is 1. The standard InChI is InChI=1S/C19H19N3O6/c20-18(24)12-5-7-13(8-6-12)26-11-17(23)22-19(25)21-9-14-10-27-15-3-1-2-4-16(15)28-14/h1-8,14H,9-11H2,(H2,20,24)(H2,21,22,23,25)/t14-/m1/s1. The maximum Gasteiger partial charge on any atom is 0.321 e. The molecule has 1 aliphatic rings. The summed E-state index contributed by atoms with van der Waals surface area (Å²) >= 11 is 0. The van der Waals surface area contributed by atoms with Crippen molar-refractivity contribution in [1.29, 1.82) is 0 Å². The largest absolute Gasteiger partial charge is 0.486 e. The predicted octanol–water partition coefficient (Wildman–Crippen LogP) is 0.830. The molecule has 146 valence electrons. The number of fused-ring (bicyclic) bond motifs is 1. The first-order valence-electron chi connectivity index (χ1n) is 8.50. The second kappa shape index (κ2) is 8.76. The molecule has 3 rings (SSSR count). The summed E-state index contributed by atoms with van der Waals surface area (Å²) in [4.78, 5) is 34.6. The highest BCUT2D eigenvalue weighted by Crippen LogP contribution is 2.30. The van der Waals surface area contributed by atoms with Gasteiger partial charge < -0.3 is 25.3 Å². The van der Waals surface area contributed by atoms with Gasteiger partial charge >= 0.3 is 6.03 Å². The highest BCUT2D eigenvalue weighted by Gasteiger charge is 2.21. The normalized spacial score (nSPS) is 14.6. The third-order valence-corrected chi connectivity index (χ3v) is 3.82. The van der Waals surface area contributed by atoms with Crippen molar-refractivity contribution in [3.8, 4) is 17.2 Å². The number of primary amides is 1. The van der Waals surface area contributed by atoms with E-state index in [0.29, 0.717) is 22.8 Å². The van der Waals surface area contributed by atoms with Crippen LogP contribution in [-0.2, 0) is 4.79 Å². The lowest BCUT2D eigenvalue weighted by Crippen LogP contribution is -2.47. The molecule has 0 bridgehead atoms. The van der Waals surface area contributed by atoms with Crippen LogP contribution in [0.25, 0.3) is 0 Å². The van der Waals surface area contributed by atoms with Gasteiger partial charge in [-0.2, -0.15) is 0 Å². The minimum Gasteiger partial charge on any atom is -0.486 e. The molecule has 0 radical (unpaired) electrons. The average molecular weight is 385 g/mol. The van der Waals surface area contributed by atoms with E-state index in [1.807, 2.05) is 12.1 Å². The van der Waals surface area contributed by atoms with Gasteiger partial charge in [-0.15, -0.1) is 0 Å². The number of nitrogens with one attached hydrogen (secondary N) is 2. The van der Waals surface area contributed by atoms with Crippen molar-refractivity contribution >= 4 is 17.8 Å². The zero-order valence-corrected chi connectivity index (χ0v) is 14.8. The topological polar surface area (TPSA) is 129 Å². The number of ether oxygens (including phenoxy) is 3. The molecular weight excluding hydrogens is 366 g/mol. The SMILES string of the molecule is NC(=O)c1ccc(OCC(=O)NC(=O)NC[C@@H]2COc3ccccc3O2)cc1. The van der Waals surface area contributed by atoms with Gasteiger partial charge in [0, 0.05) is 5.56 Å². The molecule has 0 saturated carbocycles. The maximum absolute atomic E-state index is 11.8. The number of carbonyl (C=O) groups excluding carboxylic acids is 3. The number of rotatable bonds is 6. The quantitative estimate of drug-likeness (QED) is 0.675. The summed E-state index contributed by atoms with van der Waals surface area (Å²) in [5.41, 5.74) is 5.47. The second-order valence-corrected chi connectivity index (χ2v) is 5.93. The highest BCUT2D eigenvalue weighted by atomic mass is 16.6. The van der Waals surface area contributed by atoms with E-state index in [-0.39, 0.29) is 25.9 Å². The zero-order valence-electron chi connectivity index (χ0n) is 14.8. The van der Waals surface area contributed by atoms with Crippen LogP contribution in [0.4, 0.5) is 4.79 Å². The monoisotopic (exact) mass is 385 g/mol. The molecule has 0 saturated heterocycles. The van der Waals surface area contributed by atoms with Crippen LogP contribution in [0, 0.1) is 0 Å². The lowest BCUT2D eigenvalue weighted by molar-refractivity contribution is -0.122. The van der Waals surface area contributed by atoms with E-state index in [0.717, 1.165) is 0 Å². The second-order valence-electron chi connectivity index (χ2n) is 5.93. The fourth-order valence-electron chi connectivity index (χ4n) is 2.44.